The predicted molar refractivity (Wildman–Crippen MR) is 112 cm³/mol. The number of carbonyl (C=O) groups is 2. The summed E-state index contributed by atoms with van der Waals surface area (Å²) in [6.45, 7) is 0. The molecule has 0 aliphatic heterocycles. The fourth-order valence-electron chi connectivity index (χ4n) is 2.75. The Labute approximate surface area is 165 Å². The maximum absolute atomic E-state index is 12.5. The Morgan fingerprint density at radius 3 is 2.50 bits per heavy atom. The van der Waals surface area contributed by atoms with Gasteiger partial charge in [0.1, 0.15) is 5.69 Å². The highest BCUT2D eigenvalue weighted by Crippen LogP contribution is 2.28. The van der Waals surface area contributed by atoms with Crippen molar-refractivity contribution in [3.63, 3.8) is 0 Å². The molecule has 0 unspecified atom stereocenters. The fraction of sp³-hybridized carbons (Fsp3) is 0.100. The lowest BCUT2D eigenvalue weighted by Crippen LogP contribution is -2.24. The smallest absolute Gasteiger partial charge is 0.292 e. The maximum Gasteiger partial charge on any atom is 0.292 e. The zero-order valence-corrected chi connectivity index (χ0v) is 15.8. The molecule has 1 N–H and O–H groups in total. The number of hydrogen-bond donors (Lipinski definition) is 1. The van der Waals surface area contributed by atoms with Crippen LogP contribution in [0.3, 0.4) is 0 Å². The lowest BCUT2D eigenvalue weighted by atomic mass is 10.1. The van der Waals surface area contributed by atoms with Gasteiger partial charge >= 0.3 is 0 Å². The van der Waals surface area contributed by atoms with E-state index in [0.29, 0.717) is 0 Å². The van der Waals surface area contributed by atoms with Crippen LogP contribution < -0.4 is 10.2 Å². The second-order valence-electron chi connectivity index (χ2n) is 5.93. The molecule has 0 radical (unpaired) electrons. The van der Waals surface area contributed by atoms with Crippen molar-refractivity contribution in [3.05, 3.63) is 76.8 Å². The van der Waals surface area contributed by atoms with E-state index >= 15 is 0 Å². The summed E-state index contributed by atoms with van der Waals surface area (Å²) >= 11 is 0.835. The maximum atomic E-state index is 12.5. The zero-order chi connectivity index (χ0) is 20.1. The van der Waals surface area contributed by atoms with E-state index in [1.54, 1.807) is 13.1 Å². The number of nitrogens with zero attached hydrogens (tertiary/aromatic N) is 2. The van der Waals surface area contributed by atoms with E-state index in [2.05, 4.69) is 5.32 Å². The Morgan fingerprint density at radius 1 is 1.04 bits per heavy atom. The van der Waals surface area contributed by atoms with Gasteiger partial charge in [-0.3, -0.25) is 19.7 Å². The monoisotopic (exact) mass is 395 g/mol. The topological polar surface area (TPSA) is 92.6 Å². The second-order valence-corrected chi connectivity index (χ2v) is 6.86. The Hall–Kier alpha value is -3.39. The number of nitrogens with one attached hydrogen (secondary N) is 1. The van der Waals surface area contributed by atoms with Crippen LogP contribution in [0.2, 0.25) is 0 Å². The number of carbonyl (C=O) groups excluding carboxylic acids is 2. The highest BCUT2D eigenvalue weighted by atomic mass is 32.2. The van der Waals surface area contributed by atoms with E-state index in [9.17, 15) is 19.7 Å². The molecule has 3 rings (SSSR count). The lowest BCUT2D eigenvalue weighted by molar-refractivity contribution is -0.383. The Balaban J connectivity index is 1.65. The van der Waals surface area contributed by atoms with Gasteiger partial charge in [-0.05, 0) is 17.5 Å². The first-order valence-electron chi connectivity index (χ1n) is 8.39. The number of nitro groups is 1. The summed E-state index contributed by atoms with van der Waals surface area (Å²) in [4.78, 5) is 36.6. The van der Waals surface area contributed by atoms with E-state index in [-0.39, 0.29) is 22.4 Å². The molecular weight excluding hydrogens is 378 g/mol. The molecule has 0 aromatic heterocycles. The Morgan fingerprint density at radius 2 is 1.71 bits per heavy atom. The van der Waals surface area contributed by atoms with Gasteiger partial charge in [-0.2, -0.15) is 0 Å². The average molecular weight is 395 g/mol. The van der Waals surface area contributed by atoms with Gasteiger partial charge < -0.3 is 10.2 Å². The summed E-state index contributed by atoms with van der Waals surface area (Å²) in [5.41, 5.74) is 0.655. The minimum atomic E-state index is -0.567. The van der Waals surface area contributed by atoms with Gasteiger partial charge in [0, 0.05) is 18.5 Å². The van der Waals surface area contributed by atoms with Crippen LogP contribution in [-0.4, -0.2) is 28.9 Å². The van der Waals surface area contributed by atoms with E-state index in [0.717, 1.165) is 28.2 Å². The number of amides is 2. The summed E-state index contributed by atoms with van der Waals surface area (Å²) in [6, 6.07) is 19.3. The predicted octanol–water partition coefficient (Wildman–Crippen LogP) is 4.68. The Kier molecular flexibility index (Phi) is 5.90. The molecule has 3 aromatic rings. The molecule has 0 atom stereocenters. The van der Waals surface area contributed by atoms with Crippen molar-refractivity contribution in [2.75, 3.05) is 23.0 Å². The SMILES string of the molecule is CN(C(=O)SCC(=O)Nc1ccccc1[N+](=O)[O-])c1cccc2ccccc12. The van der Waals surface area contributed by atoms with Gasteiger partial charge in [0.2, 0.25) is 5.91 Å². The number of nitro benzene ring substituents is 1. The van der Waals surface area contributed by atoms with E-state index in [1.807, 2.05) is 42.5 Å². The number of benzene rings is 3. The molecule has 7 nitrogen and oxygen atoms in total. The molecule has 0 bridgehead atoms. The van der Waals surface area contributed by atoms with E-state index < -0.39 is 10.8 Å². The van der Waals surface area contributed by atoms with Crippen molar-refractivity contribution in [2.24, 2.45) is 0 Å². The van der Waals surface area contributed by atoms with Crippen molar-refractivity contribution in [1.29, 1.82) is 0 Å². The molecule has 28 heavy (non-hydrogen) atoms. The third-order valence-corrected chi connectivity index (χ3v) is 5.03. The first kappa shape index (κ1) is 19.4. The minimum absolute atomic E-state index is 0.105. The molecule has 8 heteroatoms. The first-order valence-corrected chi connectivity index (χ1v) is 9.37. The normalized spacial score (nSPS) is 10.5. The molecule has 3 aromatic carbocycles. The number of para-hydroxylation sites is 2. The van der Waals surface area contributed by atoms with Crippen LogP contribution in [0.25, 0.3) is 10.8 Å². The van der Waals surface area contributed by atoms with Crippen LogP contribution >= 0.6 is 11.8 Å². The van der Waals surface area contributed by atoms with Crippen LogP contribution in [0, 0.1) is 10.1 Å². The summed E-state index contributed by atoms with van der Waals surface area (Å²) < 4.78 is 0. The van der Waals surface area contributed by atoms with Gasteiger partial charge in [0.05, 0.1) is 16.4 Å². The van der Waals surface area contributed by atoms with E-state index in [1.165, 1.54) is 23.1 Å². The zero-order valence-electron chi connectivity index (χ0n) is 15.0. The van der Waals surface area contributed by atoms with Crippen LogP contribution in [0.15, 0.2) is 66.7 Å². The number of fused-ring (bicyclic) bond motifs is 1. The molecule has 0 saturated heterocycles. The molecule has 0 fully saturated rings. The van der Waals surface area contributed by atoms with Crippen LogP contribution in [0.5, 0.6) is 0 Å². The van der Waals surface area contributed by atoms with Crippen LogP contribution in [0.4, 0.5) is 21.9 Å². The van der Waals surface area contributed by atoms with Crippen molar-refractivity contribution in [1.82, 2.24) is 0 Å². The van der Waals surface area contributed by atoms with Crippen LogP contribution in [0.1, 0.15) is 0 Å². The summed E-state index contributed by atoms with van der Waals surface area (Å²) in [7, 11) is 1.65. The van der Waals surface area contributed by atoms with Gasteiger partial charge in [-0.1, -0.05) is 60.3 Å². The van der Waals surface area contributed by atoms with Crippen molar-refractivity contribution in [2.45, 2.75) is 0 Å². The molecular formula is C20H17N3O4S. The van der Waals surface area contributed by atoms with E-state index in [4.69, 9.17) is 0 Å². The summed E-state index contributed by atoms with van der Waals surface area (Å²) in [6.07, 6.45) is 0. The molecule has 142 valence electrons. The van der Waals surface area contributed by atoms with Gasteiger partial charge in [-0.25, -0.2) is 0 Å². The largest absolute Gasteiger partial charge is 0.320 e. The highest BCUT2D eigenvalue weighted by molar-refractivity contribution is 8.14. The minimum Gasteiger partial charge on any atom is -0.320 e. The quantitative estimate of drug-likeness (QED) is 0.500. The second kappa shape index (κ2) is 8.53. The fourth-order valence-corrected chi connectivity index (χ4v) is 3.37. The molecule has 0 spiro atoms. The highest BCUT2D eigenvalue weighted by Gasteiger charge is 2.18. The molecule has 2 amide bonds. The first-order chi connectivity index (χ1) is 13.5. The Bertz CT molecular complexity index is 1050. The number of rotatable bonds is 5. The molecule has 0 saturated carbocycles. The van der Waals surface area contributed by atoms with Crippen LogP contribution in [-0.2, 0) is 4.79 Å². The van der Waals surface area contributed by atoms with Gasteiger partial charge in [0.25, 0.3) is 10.9 Å². The summed E-state index contributed by atoms with van der Waals surface area (Å²) in [5.74, 6) is -0.640. The number of anilines is 2. The van der Waals surface area contributed by atoms with Gasteiger partial charge in [0.15, 0.2) is 0 Å². The third kappa shape index (κ3) is 4.29. The lowest BCUT2D eigenvalue weighted by Gasteiger charge is -2.18. The molecule has 0 heterocycles. The van der Waals surface area contributed by atoms with Crippen molar-refractivity contribution >= 4 is 50.7 Å². The molecule has 0 aliphatic rings. The number of thioether (sulfide) groups is 1. The third-order valence-electron chi connectivity index (χ3n) is 4.10. The summed E-state index contributed by atoms with van der Waals surface area (Å²) in [5, 5.41) is 15.1. The molecule has 0 aliphatic carbocycles. The average Bonchev–Trinajstić information content (AvgIpc) is 2.71. The van der Waals surface area contributed by atoms with Gasteiger partial charge in [-0.15, -0.1) is 0 Å². The van der Waals surface area contributed by atoms with Crippen molar-refractivity contribution in [3.8, 4) is 0 Å². The standard InChI is InChI=1S/C20H17N3O4S/c1-22(17-12-6-8-14-7-2-3-9-15(14)17)20(25)28-13-19(24)21-16-10-4-5-11-18(16)23(26)27/h2-12H,13H2,1H3,(H,21,24). The van der Waals surface area contributed by atoms with Crippen molar-refractivity contribution < 1.29 is 14.5 Å². The number of hydrogen-bond acceptors (Lipinski definition) is 5.